The number of nitrogens with zero attached hydrogens (tertiary/aromatic N) is 2. The third kappa shape index (κ3) is 5.07. The minimum Gasteiger partial charge on any atom is -0.482 e. The average molecular weight is 371 g/mol. The largest absolute Gasteiger partial charge is 0.482 e. The summed E-state index contributed by atoms with van der Waals surface area (Å²) in [6, 6.07) is 4.69. The van der Waals surface area contributed by atoms with Gasteiger partial charge in [-0.3, -0.25) is 4.79 Å². The first-order chi connectivity index (χ1) is 10.8. The molecule has 0 N–H and O–H groups in total. The third-order valence-corrected chi connectivity index (χ3v) is 3.96. The van der Waals surface area contributed by atoms with Crippen molar-refractivity contribution in [1.29, 1.82) is 0 Å². The van der Waals surface area contributed by atoms with E-state index in [0.717, 1.165) is 0 Å². The molecule has 0 aromatic heterocycles. The van der Waals surface area contributed by atoms with E-state index in [1.807, 2.05) is 4.90 Å². The maximum Gasteiger partial charge on any atom is 0.422 e. The monoisotopic (exact) mass is 370 g/mol. The van der Waals surface area contributed by atoms with Crippen molar-refractivity contribution in [2.45, 2.75) is 6.18 Å². The predicted octanol–water partition coefficient (Wildman–Crippen LogP) is 3.17. The zero-order valence-electron chi connectivity index (χ0n) is 12.1. The summed E-state index contributed by atoms with van der Waals surface area (Å²) in [6.07, 6.45) is -4.42. The fourth-order valence-electron chi connectivity index (χ4n) is 2.26. The number of amides is 1. The van der Waals surface area contributed by atoms with Gasteiger partial charge in [0.15, 0.2) is 6.61 Å². The van der Waals surface area contributed by atoms with Gasteiger partial charge < -0.3 is 14.5 Å². The van der Waals surface area contributed by atoms with Crippen LogP contribution >= 0.6 is 23.2 Å². The molecule has 1 saturated heterocycles. The molecule has 1 aliphatic heterocycles. The SMILES string of the molecule is O=C(CCl)N1CCN(c2ccc(Cl)c(OCC(F)(F)F)c2)CC1. The summed E-state index contributed by atoms with van der Waals surface area (Å²) < 4.78 is 41.5. The zero-order valence-corrected chi connectivity index (χ0v) is 13.6. The van der Waals surface area contributed by atoms with Gasteiger partial charge in [-0.15, -0.1) is 11.6 Å². The van der Waals surface area contributed by atoms with Crippen LogP contribution in [0.5, 0.6) is 5.75 Å². The number of piperazine rings is 1. The van der Waals surface area contributed by atoms with E-state index in [0.29, 0.717) is 31.9 Å². The van der Waals surface area contributed by atoms with Crippen molar-refractivity contribution < 1.29 is 22.7 Å². The van der Waals surface area contributed by atoms with Crippen LogP contribution in [-0.2, 0) is 4.79 Å². The molecule has 0 unspecified atom stereocenters. The Morgan fingerprint density at radius 3 is 2.43 bits per heavy atom. The van der Waals surface area contributed by atoms with E-state index < -0.39 is 12.8 Å². The van der Waals surface area contributed by atoms with Gasteiger partial charge in [0.25, 0.3) is 0 Å². The van der Waals surface area contributed by atoms with E-state index >= 15 is 0 Å². The maximum absolute atomic E-state index is 12.3. The molecule has 9 heteroatoms. The second-order valence-corrected chi connectivity index (χ2v) is 5.69. The van der Waals surface area contributed by atoms with Crippen LogP contribution in [0.2, 0.25) is 5.02 Å². The first-order valence-corrected chi connectivity index (χ1v) is 7.79. The summed E-state index contributed by atoms with van der Waals surface area (Å²) >= 11 is 11.4. The van der Waals surface area contributed by atoms with Gasteiger partial charge in [0, 0.05) is 37.9 Å². The Morgan fingerprint density at radius 2 is 1.87 bits per heavy atom. The first-order valence-electron chi connectivity index (χ1n) is 6.88. The summed E-state index contributed by atoms with van der Waals surface area (Å²) in [5, 5.41) is 0.119. The number of alkyl halides is 4. The lowest BCUT2D eigenvalue weighted by Gasteiger charge is -2.36. The van der Waals surface area contributed by atoms with Crippen LogP contribution in [-0.4, -0.2) is 55.6 Å². The van der Waals surface area contributed by atoms with Crippen LogP contribution in [0.1, 0.15) is 0 Å². The highest BCUT2D eigenvalue weighted by Gasteiger charge is 2.29. The Bertz CT molecular complexity index is 561. The fraction of sp³-hybridized carbons (Fsp3) is 0.500. The van der Waals surface area contributed by atoms with Crippen LogP contribution in [0.25, 0.3) is 0 Å². The Morgan fingerprint density at radius 1 is 1.22 bits per heavy atom. The highest BCUT2D eigenvalue weighted by molar-refractivity contribution is 6.32. The van der Waals surface area contributed by atoms with Crippen molar-refractivity contribution in [3.8, 4) is 5.75 Å². The van der Waals surface area contributed by atoms with Crippen molar-refractivity contribution in [2.75, 3.05) is 43.6 Å². The molecule has 0 spiro atoms. The zero-order chi connectivity index (χ0) is 17.0. The van der Waals surface area contributed by atoms with E-state index in [9.17, 15) is 18.0 Å². The van der Waals surface area contributed by atoms with Crippen molar-refractivity contribution in [1.82, 2.24) is 4.90 Å². The smallest absolute Gasteiger partial charge is 0.422 e. The van der Waals surface area contributed by atoms with E-state index in [2.05, 4.69) is 0 Å². The highest BCUT2D eigenvalue weighted by Crippen LogP contribution is 2.31. The Kier molecular flexibility index (Phi) is 5.86. The molecule has 2 rings (SSSR count). The Balaban J connectivity index is 2.02. The van der Waals surface area contributed by atoms with E-state index in [4.69, 9.17) is 27.9 Å². The number of carbonyl (C=O) groups excluding carboxylic acids is 1. The predicted molar refractivity (Wildman–Crippen MR) is 82.5 cm³/mol. The maximum atomic E-state index is 12.3. The van der Waals surface area contributed by atoms with Crippen LogP contribution in [0, 0.1) is 0 Å². The van der Waals surface area contributed by atoms with Crippen molar-refractivity contribution in [3.63, 3.8) is 0 Å². The summed E-state index contributed by atoms with van der Waals surface area (Å²) in [5.41, 5.74) is 0.699. The number of anilines is 1. The molecular weight excluding hydrogens is 356 g/mol. The van der Waals surface area contributed by atoms with Crippen LogP contribution in [0.3, 0.4) is 0 Å². The molecule has 1 fully saturated rings. The summed E-state index contributed by atoms with van der Waals surface area (Å²) in [4.78, 5) is 15.1. The van der Waals surface area contributed by atoms with E-state index in [1.165, 1.54) is 12.1 Å². The van der Waals surface area contributed by atoms with Crippen LogP contribution in [0.15, 0.2) is 18.2 Å². The average Bonchev–Trinajstić information content (AvgIpc) is 2.52. The number of carbonyl (C=O) groups is 1. The number of benzene rings is 1. The van der Waals surface area contributed by atoms with Crippen molar-refractivity contribution >= 4 is 34.8 Å². The molecule has 0 radical (unpaired) electrons. The van der Waals surface area contributed by atoms with Crippen molar-refractivity contribution in [3.05, 3.63) is 23.2 Å². The Hall–Kier alpha value is -1.34. The number of rotatable bonds is 4. The van der Waals surface area contributed by atoms with E-state index in [1.54, 1.807) is 11.0 Å². The lowest BCUT2D eigenvalue weighted by atomic mass is 10.2. The molecule has 1 aromatic carbocycles. The summed E-state index contributed by atoms with van der Waals surface area (Å²) in [5.74, 6) is -0.200. The fourth-order valence-corrected chi connectivity index (χ4v) is 2.60. The van der Waals surface area contributed by atoms with Crippen LogP contribution < -0.4 is 9.64 Å². The molecule has 1 aromatic rings. The Labute approximate surface area is 141 Å². The molecule has 0 saturated carbocycles. The van der Waals surface area contributed by atoms with Gasteiger partial charge in [-0.25, -0.2) is 0 Å². The van der Waals surface area contributed by atoms with Gasteiger partial charge in [-0.2, -0.15) is 13.2 Å². The normalized spacial score (nSPS) is 15.7. The molecular formula is C14H15Cl2F3N2O2. The number of ether oxygens (including phenoxy) is 1. The molecule has 23 heavy (non-hydrogen) atoms. The molecule has 0 bridgehead atoms. The minimum absolute atomic E-state index is 0.0132. The van der Waals surface area contributed by atoms with Crippen LogP contribution in [0.4, 0.5) is 18.9 Å². The van der Waals surface area contributed by atoms with E-state index in [-0.39, 0.29) is 22.6 Å². The molecule has 1 heterocycles. The summed E-state index contributed by atoms with van der Waals surface area (Å²) in [6.45, 7) is 0.736. The molecule has 1 amide bonds. The topological polar surface area (TPSA) is 32.8 Å². The molecule has 128 valence electrons. The van der Waals surface area contributed by atoms with Gasteiger partial charge in [0.2, 0.25) is 5.91 Å². The lowest BCUT2D eigenvalue weighted by Crippen LogP contribution is -2.49. The number of halogens is 5. The van der Waals surface area contributed by atoms with Gasteiger partial charge in [0.05, 0.1) is 5.02 Å². The quantitative estimate of drug-likeness (QED) is 0.763. The molecule has 1 aliphatic rings. The number of hydrogen-bond acceptors (Lipinski definition) is 3. The summed E-state index contributed by atoms with van der Waals surface area (Å²) in [7, 11) is 0. The third-order valence-electron chi connectivity index (χ3n) is 3.42. The van der Waals surface area contributed by atoms with Gasteiger partial charge in [-0.05, 0) is 12.1 Å². The lowest BCUT2D eigenvalue weighted by molar-refractivity contribution is -0.153. The highest BCUT2D eigenvalue weighted by atomic mass is 35.5. The van der Waals surface area contributed by atoms with Gasteiger partial charge >= 0.3 is 6.18 Å². The van der Waals surface area contributed by atoms with Crippen molar-refractivity contribution in [2.24, 2.45) is 0 Å². The number of hydrogen-bond donors (Lipinski definition) is 0. The minimum atomic E-state index is -4.42. The molecule has 4 nitrogen and oxygen atoms in total. The molecule has 0 aliphatic carbocycles. The van der Waals surface area contributed by atoms with Gasteiger partial charge in [0.1, 0.15) is 11.6 Å². The van der Waals surface area contributed by atoms with Gasteiger partial charge in [-0.1, -0.05) is 11.6 Å². The standard InChI is InChI=1S/C14H15Cl2F3N2O2/c15-8-13(22)21-5-3-20(4-6-21)10-1-2-11(16)12(7-10)23-9-14(17,18)19/h1-2,7H,3-6,8-9H2. The first kappa shape index (κ1) is 18.0. The second-order valence-electron chi connectivity index (χ2n) is 5.02. The molecule has 0 atom stereocenters. The second kappa shape index (κ2) is 7.49.